The highest BCUT2D eigenvalue weighted by Gasteiger charge is 2.19. The molecule has 0 aliphatic heterocycles. The molecule has 0 aliphatic rings. The van der Waals surface area contributed by atoms with Crippen LogP contribution in [-0.2, 0) is 6.54 Å². The molecule has 0 N–H and O–H groups in total. The number of hydrogen-bond acceptors (Lipinski definition) is 6. The summed E-state index contributed by atoms with van der Waals surface area (Å²) >= 11 is 3.06. The number of nitro groups is 1. The van der Waals surface area contributed by atoms with Crippen molar-refractivity contribution < 1.29 is 9.55 Å². The molecule has 0 atom stereocenters. The minimum atomic E-state index is -0.561. The van der Waals surface area contributed by atoms with Crippen LogP contribution in [0.15, 0.2) is 15.3 Å². The summed E-state index contributed by atoms with van der Waals surface area (Å²) in [4.78, 5) is 10.00. The molecule has 2 rings (SSSR count). The number of nitrogens with zero attached hydrogens (tertiary/aromatic N) is 5. The van der Waals surface area contributed by atoms with Crippen molar-refractivity contribution in [2.24, 2.45) is 0 Å². The summed E-state index contributed by atoms with van der Waals surface area (Å²) in [6.45, 7) is 2.01. The summed E-state index contributed by atoms with van der Waals surface area (Å²) in [6.07, 6.45) is 1.51. The molecule has 0 amide bonds. The van der Waals surface area contributed by atoms with Crippen LogP contribution in [0.5, 0.6) is 0 Å². The normalized spacial score (nSPS) is 10.6. The Hall–Kier alpha value is -1.77. The molecule has 16 heavy (non-hydrogen) atoms. The molecule has 0 radical (unpaired) electrons. The van der Waals surface area contributed by atoms with Gasteiger partial charge in [-0.3, -0.25) is 0 Å². The quantitative estimate of drug-likeness (QED) is 0.623. The monoisotopic (exact) mass is 287 g/mol. The van der Waals surface area contributed by atoms with Gasteiger partial charge in [0.1, 0.15) is 22.4 Å². The zero-order valence-corrected chi connectivity index (χ0v) is 9.71. The lowest BCUT2D eigenvalue weighted by Crippen LogP contribution is -2.02. The molecular formula is C7H6BrN5O3. The molecule has 0 unspecified atom stereocenters. The van der Waals surface area contributed by atoms with Crippen molar-refractivity contribution in [2.75, 3.05) is 0 Å². The minimum absolute atomic E-state index is 0.228. The average Bonchev–Trinajstić information content (AvgIpc) is 2.75. The number of halogens is 1. The Morgan fingerprint density at radius 1 is 1.62 bits per heavy atom. The lowest BCUT2D eigenvalue weighted by atomic mass is 10.3. The van der Waals surface area contributed by atoms with E-state index in [0.29, 0.717) is 15.9 Å². The molecule has 2 aromatic rings. The van der Waals surface area contributed by atoms with Crippen molar-refractivity contribution in [3.8, 4) is 0 Å². The summed E-state index contributed by atoms with van der Waals surface area (Å²) in [5.41, 5.74) is 1.22. The van der Waals surface area contributed by atoms with Gasteiger partial charge in [0.15, 0.2) is 0 Å². The smallest absolute Gasteiger partial charge is 0.358 e. The highest BCUT2D eigenvalue weighted by Crippen LogP contribution is 2.22. The van der Waals surface area contributed by atoms with E-state index in [1.165, 1.54) is 10.9 Å². The van der Waals surface area contributed by atoms with Crippen LogP contribution in [0.1, 0.15) is 11.4 Å². The maximum atomic E-state index is 10.6. The fraction of sp³-hybridized carbons (Fsp3) is 0.286. The first-order chi connectivity index (χ1) is 7.58. The molecular weight excluding hydrogens is 282 g/mol. The molecule has 0 saturated carbocycles. The molecule has 84 valence electrons. The maximum Gasteiger partial charge on any atom is 0.404 e. The summed E-state index contributed by atoms with van der Waals surface area (Å²) in [5.74, 6) is -0.228. The zero-order chi connectivity index (χ0) is 11.7. The van der Waals surface area contributed by atoms with E-state index in [2.05, 4.69) is 36.0 Å². The van der Waals surface area contributed by atoms with Crippen LogP contribution in [0.4, 0.5) is 5.82 Å². The first-order valence-corrected chi connectivity index (χ1v) is 5.02. The van der Waals surface area contributed by atoms with Gasteiger partial charge in [-0.15, -0.1) is 0 Å². The van der Waals surface area contributed by atoms with E-state index < -0.39 is 4.92 Å². The van der Waals surface area contributed by atoms with Gasteiger partial charge in [-0.2, -0.15) is 4.68 Å². The molecule has 2 aromatic heterocycles. The van der Waals surface area contributed by atoms with Crippen LogP contribution < -0.4 is 0 Å². The Kier molecular flexibility index (Phi) is 2.69. The van der Waals surface area contributed by atoms with Gasteiger partial charge in [0.25, 0.3) is 0 Å². The van der Waals surface area contributed by atoms with Crippen molar-refractivity contribution in [1.29, 1.82) is 0 Å². The maximum absolute atomic E-state index is 10.6. The fourth-order valence-electron chi connectivity index (χ4n) is 1.14. The lowest BCUT2D eigenvalue weighted by molar-refractivity contribution is -0.390. The standard InChI is InChI=1S/C7H6BrN5O3/c1-4-6(11-16-10-4)3-12-2-5(8)7(9-12)13(14)15/h2H,3H2,1H3. The largest absolute Gasteiger partial charge is 0.404 e. The van der Waals surface area contributed by atoms with Gasteiger partial charge in [0.05, 0.1) is 11.3 Å². The predicted molar refractivity (Wildman–Crippen MR) is 54.7 cm³/mol. The van der Waals surface area contributed by atoms with E-state index in [1.807, 2.05) is 0 Å². The third-order valence-corrected chi connectivity index (χ3v) is 2.49. The van der Waals surface area contributed by atoms with E-state index in [0.717, 1.165) is 0 Å². The lowest BCUT2D eigenvalue weighted by Gasteiger charge is -1.90. The van der Waals surface area contributed by atoms with Crippen LogP contribution >= 0.6 is 15.9 Å². The zero-order valence-electron chi connectivity index (χ0n) is 8.12. The van der Waals surface area contributed by atoms with Gasteiger partial charge in [0, 0.05) is 0 Å². The molecule has 0 bridgehead atoms. The topological polar surface area (TPSA) is 99.9 Å². The second-order valence-corrected chi connectivity index (χ2v) is 3.91. The summed E-state index contributed by atoms with van der Waals surface area (Å²) in [5, 5.41) is 21.6. The number of aromatic nitrogens is 4. The van der Waals surface area contributed by atoms with Gasteiger partial charge in [-0.1, -0.05) is 10.3 Å². The fourth-order valence-corrected chi connectivity index (χ4v) is 1.60. The molecule has 0 aliphatic carbocycles. The minimum Gasteiger partial charge on any atom is -0.358 e. The molecule has 9 heteroatoms. The van der Waals surface area contributed by atoms with Gasteiger partial charge in [-0.05, 0) is 27.8 Å². The Bertz CT molecular complexity index is 534. The molecule has 2 heterocycles. The van der Waals surface area contributed by atoms with E-state index >= 15 is 0 Å². The summed E-state index contributed by atoms with van der Waals surface area (Å²) < 4.78 is 6.24. The first kappa shape index (κ1) is 10.7. The molecule has 0 saturated heterocycles. The van der Waals surface area contributed by atoms with Crippen molar-refractivity contribution in [2.45, 2.75) is 13.5 Å². The molecule has 0 fully saturated rings. The molecule has 0 spiro atoms. The predicted octanol–water partition coefficient (Wildman–Crippen LogP) is 1.29. The SMILES string of the molecule is Cc1nonc1Cn1cc(Br)c([N+](=O)[O-])n1. The van der Waals surface area contributed by atoms with E-state index in [1.54, 1.807) is 6.92 Å². The van der Waals surface area contributed by atoms with Gasteiger partial charge < -0.3 is 10.1 Å². The molecule has 0 aromatic carbocycles. The molecule has 8 nitrogen and oxygen atoms in total. The van der Waals surface area contributed by atoms with Crippen LogP contribution in [0.2, 0.25) is 0 Å². The highest BCUT2D eigenvalue weighted by atomic mass is 79.9. The van der Waals surface area contributed by atoms with E-state index in [9.17, 15) is 10.1 Å². The van der Waals surface area contributed by atoms with Gasteiger partial charge in [-0.25, -0.2) is 4.63 Å². The van der Waals surface area contributed by atoms with Gasteiger partial charge in [0.2, 0.25) is 0 Å². The highest BCUT2D eigenvalue weighted by molar-refractivity contribution is 9.10. The van der Waals surface area contributed by atoms with E-state index in [-0.39, 0.29) is 12.4 Å². The van der Waals surface area contributed by atoms with Gasteiger partial charge >= 0.3 is 5.82 Å². The Morgan fingerprint density at radius 3 is 2.88 bits per heavy atom. The van der Waals surface area contributed by atoms with Crippen LogP contribution in [0.25, 0.3) is 0 Å². The average molecular weight is 288 g/mol. The number of rotatable bonds is 3. The summed E-state index contributed by atoms with van der Waals surface area (Å²) in [7, 11) is 0. The van der Waals surface area contributed by atoms with E-state index in [4.69, 9.17) is 0 Å². The second-order valence-electron chi connectivity index (χ2n) is 3.05. The van der Waals surface area contributed by atoms with Crippen LogP contribution in [-0.4, -0.2) is 25.0 Å². The van der Waals surface area contributed by atoms with Crippen molar-refractivity contribution in [3.63, 3.8) is 0 Å². The summed E-state index contributed by atoms with van der Waals surface area (Å²) in [6, 6.07) is 0. The van der Waals surface area contributed by atoms with Crippen LogP contribution in [0, 0.1) is 17.0 Å². The van der Waals surface area contributed by atoms with Crippen molar-refractivity contribution in [1.82, 2.24) is 20.1 Å². The third-order valence-electron chi connectivity index (χ3n) is 1.93. The van der Waals surface area contributed by atoms with Crippen molar-refractivity contribution >= 4 is 21.7 Å². The second kappa shape index (κ2) is 4.00. The Balaban J connectivity index is 2.26. The Morgan fingerprint density at radius 2 is 2.38 bits per heavy atom. The van der Waals surface area contributed by atoms with Crippen molar-refractivity contribution in [3.05, 3.63) is 32.2 Å². The van der Waals surface area contributed by atoms with Crippen LogP contribution in [0.3, 0.4) is 0 Å². The number of aryl methyl sites for hydroxylation is 1. The number of hydrogen-bond donors (Lipinski definition) is 0. The third kappa shape index (κ3) is 1.94. The Labute approximate surface area is 97.5 Å². The first-order valence-electron chi connectivity index (χ1n) is 4.23.